The molecular weight excluding hydrogens is 378 g/mol. The second-order valence-corrected chi connectivity index (χ2v) is 7.30. The number of carbonyl (C=O) groups excluding carboxylic acids is 1. The average molecular weight is 405 g/mol. The molecule has 0 saturated carbocycles. The summed E-state index contributed by atoms with van der Waals surface area (Å²) >= 11 is 0. The van der Waals surface area contributed by atoms with Crippen LogP contribution in [-0.2, 0) is 6.42 Å². The number of carbonyl (C=O) groups is 1. The van der Waals surface area contributed by atoms with Crippen molar-refractivity contribution < 1.29 is 14.3 Å². The highest BCUT2D eigenvalue weighted by molar-refractivity contribution is 6.06. The van der Waals surface area contributed by atoms with E-state index in [0.717, 1.165) is 17.0 Å². The molecular formula is C24H27N3O3. The Morgan fingerprint density at radius 3 is 2.57 bits per heavy atom. The van der Waals surface area contributed by atoms with Crippen LogP contribution in [0, 0.1) is 6.92 Å². The van der Waals surface area contributed by atoms with Gasteiger partial charge in [0, 0.05) is 17.8 Å². The number of anilines is 2. The molecule has 30 heavy (non-hydrogen) atoms. The highest BCUT2D eigenvalue weighted by Crippen LogP contribution is 2.24. The summed E-state index contributed by atoms with van der Waals surface area (Å²) in [6.45, 7) is 6.33. The van der Waals surface area contributed by atoms with Crippen molar-refractivity contribution in [1.29, 1.82) is 0 Å². The molecule has 3 aromatic rings. The number of hydrogen-bond acceptors (Lipinski definition) is 5. The van der Waals surface area contributed by atoms with Gasteiger partial charge in [0.25, 0.3) is 5.91 Å². The maximum Gasteiger partial charge on any atom is 0.259 e. The van der Waals surface area contributed by atoms with E-state index in [-0.39, 0.29) is 12.0 Å². The van der Waals surface area contributed by atoms with E-state index in [1.165, 1.54) is 0 Å². The third kappa shape index (κ3) is 5.98. The minimum absolute atomic E-state index is 0.0164. The number of amides is 1. The Hall–Kier alpha value is -3.54. The molecule has 156 valence electrons. The fourth-order valence-electron chi connectivity index (χ4n) is 2.91. The number of benzene rings is 2. The molecule has 0 saturated heterocycles. The molecule has 0 atom stereocenters. The van der Waals surface area contributed by atoms with Gasteiger partial charge in [0.2, 0.25) is 0 Å². The number of nitrogens with one attached hydrogen (secondary N) is 1. The van der Waals surface area contributed by atoms with Crippen molar-refractivity contribution in [2.24, 2.45) is 0 Å². The first-order valence-electron chi connectivity index (χ1n) is 9.93. The van der Waals surface area contributed by atoms with Gasteiger partial charge < -0.3 is 20.5 Å². The van der Waals surface area contributed by atoms with Gasteiger partial charge in [0.15, 0.2) is 0 Å². The second kappa shape index (κ2) is 9.78. The van der Waals surface area contributed by atoms with E-state index in [1.54, 1.807) is 12.1 Å². The fraction of sp³-hybridized carbons (Fsp3) is 0.250. The number of rotatable bonds is 8. The Morgan fingerprint density at radius 2 is 1.87 bits per heavy atom. The van der Waals surface area contributed by atoms with Crippen LogP contribution in [-0.4, -0.2) is 23.6 Å². The monoisotopic (exact) mass is 405 g/mol. The van der Waals surface area contributed by atoms with Crippen LogP contribution in [0.5, 0.6) is 11.5 Å². The van der Waals surface area contributed by atoms with Crippen molar-refractivity contribution >= 4 is 17.4 Å². The molecule has 0 aliphatic rings. The van der Waals surface area contributed by atoms with Gasteiger partial charge in [-0.1, -0.05) is 12.1 Å². The summed E-state index contributed by atoms with van der Waals surface area (Å²) in [6, 6.07) is 18.4. The summed E-state index contributed by atoms with van der Waals surface area (Å²) in [4.78, 5) is 17.0. The van der Waals surface area contributed by atoms with Crippen molar-refractivity contribution in [1.82, 2.24) is 4.98 Å². The third-order valence-corrected chi connectivity index (χ3v) is 4.31. The first-order chi connectivity index (χ1) is 14.4. The minimum atomic E-state index is -0.216. The maximum absolute atomic E-state index is 12.7. The van der Waals surface area contributed by atoms with Crippen molar-refractivity contribution in [3.63, 3.8) is 0 Å². The van der Waals surface area contributed by atoms with E-state index in [1.807, 2.05) is 69.3 Å². The van der Waals surface area contributed by atoms with Crippen LogP contribution >= 0.6 is 0 Å². The van der Waals surface area contributed by atoms with E-state index in [0.29, 0.717) is 35.8 Å². The van der Waals surface area contributed by atoms with Crippen LogP contribution in [0.1, 0.15) is 35.5 Å². The lowest BCUT2D eigenvalue weighted by atomic mass is 10.1. The van der Waals surface area contributed by atoms with Crippen LogP contribution in [0.4, 0.5) is 11.5 Å². The lowest BCUT2D eigenvalue weighted by Crippen LogP contribution is -2.16. The van der Waals surface area contributed by atoms with Crippen molar-refractivity contribution in [2.75, 3.05) is 17.7 Å². The zero-order valence-electron chi connectivity index (χ0n) is 17.5. The number of pyridine rings is 1. The molecule has 1 heterocycles. The Bertz CT molecular complexity index is 1000. The van der Waals surface area contributed by atoms with Crippen LogP contribution < -0.4 is 20.5 Å². The highest BCUT2D eigenvalue weighted by atomic mass is 16.5. The fourth-order valence-corrected chi connectivity index (χ4v) is 2.91. The Morgan fingerprint density at radius 1 is 1.10 bits per heavy atom. The summed E-state index contributed by atoms with van der Waals surface area (Å²) in [5.41, 5.74) is 8.80. The number of nitrogens with zero attached hydrogens (tertiary/aromatic N) is 1. The van der Waals surface area contributed by atoms with Gasteiger partial charge in [-0.25, -0.2) is 4.98 Å². The molecule has 0 aliphatic carbocycles. The Labute approximate surface area is 177 Å². The molecule has 6 heteroatoms. The van der Waals surface area contributed by atoms with Crippen molar-refractivity contribution in [3.8, 4) is 11.5 Å². The molecule has 2 aromatic carbocycles. The molecule has 6 nitrogen and oxygen atoms in total. The topological polar surface area (TPSA) is 86.5 Å². The predicted molar refractivity (Wildman–Crippen MR) is 119 cm³/mol. The number of nitrogens with two attached hydrogens (primary N) is 1. The largest absolute Gasteiger partial charge is 0.493 e. The minimum Gasteiger partial charge on any atom is -0.493 e. The van der Waals surface area contributed by atoms with Crippen molar-refractivity contribution in [2.45, 2.75) is 33.3 Å². The van der Waals surface area contributed by atoms with Crippen LogP contribution in [0.3, 0.4) is 0 Å². The number of aryl methyl sites for hydroxylation is 1. The summed E-state index contributed by atoms with van der Waals surface area (Å²) in [7, 11) is 0. The van der Waals surface area contributed by atoms with Crippen LogP contribution in [0.25, 0.3) is 0 Å². The third-order valence-electron chi connectivity index (χ3n) is 4.31. The molecule has 0 unspecified atom stereocenters. The van der Waals surface area contributed by atoms with E-state index >= 15 is 0 Å². The molecule has 1 aromatic heterocycles. The molecule has 3 N–H and O–H groups in total. The molecule has 0 spiro atoms. The van der Waals surface area contributed by atoms with E-state index < -0.39 is 0 Å². The van der Waals surface area contributed by atoms with Gasteiger partial charge in [0.1, 0.15) is 17.3 Å². The Balaban J connectivity index is 1.58. The first-order valence-corrected chi connectivity index (χ1v) is 9.93. The van der Waals surface area contributed by atoms with Gasteiger partial charge in [-0.3, -0.25) is 4.79 Å². The molecule has 0 fully saturated rings. The first kappa shape index (κ1) is 21.2. The van der Waals surface area contributed by atoms with Crippen molar-refractivity contribution in [3.05, 3.63) is 77.5 Å². The number of nitrogen functional groups attached to an aromatic ring is 1. The van der Waals surface area contributed by atoms with Crippen LogP contribution in [0.2, 0.25) is 0 Å². The normalized spacial score (nSPS) is 10.7. The lowest BCUT2D eigenvalue weighted by Gasteiger charge is -2.15. The summed E-state index contributed by atoms with van der Waals surface area (Å²) in [5.74, 6) is 1.59. The predicted octanol–water partition coefficient (Wildman–Crippen LogP) is 4.63. The molecule has 0 aliphatic heterocycles. The van der Waals surface area contributed by atoms with Gasteiger partial charge in [0.05, 0.1) is 18.3 Å². The maximum atomic E-state index is 12.7. The van der Waals surface area contributed by atoms with E-state index in [9.17, 15) is 4.79 Å². The average Bonchev–Trinajstić information content (AvgIpc) is 2.69. The van der Waals surface area contributed by atoms with Gasteiger partial charge in [-0.15, -0.1) is 0 Å². The van der Waals surface area contributed by atoms with Gasteiger partial charge in [-0.05, 0) is 74.9 Å². The summed E-state index contributed by atoms with van der Waals surface area (Å²) < 4.78 is 11.6. The van der Waals surface area contributed by atoms with Crippen LogP contribution in [0.15, 0.2) is 60.7 Å². The van der Waals surface area contributed by atoms with E-state index in [4.69, 9.17) is 15.2 Å². The number of aromatic nitrogens is 1. The zero-order valence-corrected chi connectivity index (χ0v) is 17.5. The molecule has 0 bridgehead atoms. The molecule has 1 amide bonds. The zero-order chi connectivity index (χ0) is 21.5. The van der Waals surface area contributed by atoms with Gasteiger partial charge in [-0.2, -0.15) is 0 Å². The second-order valence-electron chi connectivity index (χ2n) is 7.30. The number of ether oxygens (including phenoxy) is 2. The SMILES string of the molecule is Cc1ccc(C(=O)Nc2ccc(OCCc3cccc(N)n3)cc2)c(OC(C)C)c1. The number of hydrogen-bond donors (Lipinski definition) is 2. The quantitative estimate of drug-likeness (QED) is 0.570. The molecule has 3 rings (SSSR count). The standard InChI is InChI=1S/C24H27N3O3/c1-16(2)30-22-15-17(3)7-12-21(22)24(28)27-19-8-10-20(11-9-19)29-14-13-18-5-4-6-23(25)26-18/h4-12,15-16H,13-14H2,1-3H3,(H2,25,26)(H,27,28). The van der Waals surface area contributed by atoms with E-state index in [2.05, 4.69) is 10.3 Å². The summed E-state index contributed by atoms with van der Waals surface area (Å²) in [6.07, 6.45) is 0.646. The summed E-state index contributed by atoms with van der Waals surface area (Å²) in [5, 5.41) is 2.91. The highest BCUT2D eigenvalue weighted by Gasteiger charge is 2.14. The van der Waals surface area contributed by atoms with Gasteiger partial charge >= 0.3 is 0 Å². The molecule has 0 radical (unpaired) electrons. The Kier molecular flexibility index (Phi) is 6.91. The lowest BCUT2D eigenvalue weighted by molar-refractivity contribution is 0.102. The smallest absolute Gasteiger partial charge is 0.259 e.